The summed E-state index contributed by atoms with van der Waals surface area (Å²) in [5.41, 5.74) is 4.97. The Morgan fingerprint density at radius 2 is 1.76 bits per heavy atom. The highest BCUT2D eigenvalue weighted by Crippen LogP contribution is 2.33. The highest BCUT2D eigenvalue weighted by Gasteiger charge is 2.17. The molecule has 0 radical (unpaired) electrons. The minimum atomic E-state index is -0.0373. The van der Waals surface area contributed by atoms with Gasteiger partial charge in [0.2, 0.25) is 0 Å². The number of benzene rings is 2. The Kier molecular flexibility index (Phi) is 4.48. The van der Waals surface area contributed by atoms with Crippen LogP contribution < -0.4 is 11.3 Å². The van der Waals surface area contributed by atoms with Crippen molar-refractivity contribution in [3.05, 3.63) is 69.0 Å². The van der Waals surface area contributed by atoms with Gasteiger partial charge in [-0.2, -0.15) is 0 Å². The Bertz CT molecular complexity index is 750. The zero-order valence-corrected chi connectivity index (χ0v) is 13.5. The van der Waals surface area contributed by atoms with Crippen LogP contribution in [0.25, 0.3) is 10.1 Å². The molecule has 108 valence electrons. The lowest BCUT2D eigenvalue weighted by molar-refractivity contribution is 0.556. The fraction of sp³-hybridized carbons (Fsp3) is 0.125. The maximum Gasteiger partial charge on any atom is 0.0515 e. The van der Waals surface area contributed by atoms with Crippen molar-refractivity contribution in [2.45, 2.75) is 12.5 Å². The van der Waals surface area contributed by atoms with Crippen LogP contribution in [0.3, 0.4) is 0 Å². The van der Waals surface area contributed by atoms with Crippen molar-refractivity contribution in [2.24, 2.45) is 5.84 Å². The molecular weight excluding hydrogens is 323 g/mol. The van der Waals surface area contributed by atoms with Gasteiger partial charge in [-0.15, -0.1) is 11.3 Å². The third-order valence-electron chi connectivity index (χ3n) is 3.56. The van der Waals surface area contributed by atoms with Crippen molar-refractivity contribution in [3.63, 3.8) is 0 Å². The number of thiophene rings is 1. The first-order valence-corrected chi connectivity index (χ1v) is 8.19. The molecule has 5 heteroatoms. The molecule has 0 spiro atoms. The van der Waals surface area contributed by atoms with Crippen LogP contribution in [-0.2, 0) is 6.42 Å². The molecule has 3 N–H and O–H groups in total. The van der Waals surface area contributed by atoms with Crippen LogP contribution in [0.5, 0.6) is 0 Å². The fourth-order valence-corrected chi connectivity index (χ4v) is 4.00. The molecule has 0 bridgehead atoms. The van der Waals surface area contributed by atoms with Gasteiger partial charge in [0.05, 0.1) is 6.04 Å². The van der Waals surface area contributed by atoms with Gasteiger partial charge in [0, 0.05) is 14.7 Å². The maximum absolute atomic E-state index is 6.26. The zero-order chi connectivity index (χ0) is 14.8. The molecule has 0 aliphatic rings. The van der Waals surface area contributed by atoms with E-state index < -0.39 is 0 Å². The minimum Gasteiger partial charge on any atom is -0.271 e. The predicted octanol–water partition coefficient (Wildman–Crippen LogP) is 4.96. The summed E-state index contributed by atoms with van der Waals surface area (Å²) in [6.07, 6.45) is 0.645. The van der Waals surface area contributed by atoms with Crippen molar-refractivity contribution < 1.29 is 0 Å². The Morgan fingerprint density at radius 3 is 2.48 bits per heavy atom. The van der Waals surface area contributed by atoms with Crippen LogP contribution in [0.1, 0.15) is 17.2 Å². The first kappa shape index (κ1) is 14.8. The van der Waals surface area contributed by atoms with Gasteiger partial charge >= 0.3 is 0 Å². The largest absolute Gasteiger partial charge is 0.271 e. The molecule has 2 nitrogen and oxygen atoms in total. The molecule has 3 aromatic rings. The number of hydrogen-bond acceptors (Lipinski definition) is 3. The molecule has 1 heterocycles. The second-order valence-electron chi connectivity index (χ2n) is 4.81. The number of fused-ring (bicyclic) bond motifs is 1. The van der Waals surface area contributed by atoms with Gasteiger partial charge in [0.1, 0.15) is 0 Å². The van der Waals surface area contributed by atoms with E-state index in [1.54, 1.807) is 11.3 Å². The number of nitrogens with one attached hydrogen (secondary N) is 1. The SMILES string of the molecule is NNC(Cc1c(Cl)cccc1Cl)c1cccc2ccsc12. The lowest BCUT2D eigenvalue weighted by Gasteiger charge is -2.19. The highest BCUT2D eigenvalue weighted by atomic mass is 35.5. The smallest absolute Gasteiger partial charge is 0.0515 e. The molecule has 1 atom stereocenters. The maximum atomic E-state index is 6.26. The van der Waals surface area contributed by atoms with Crippen LogP contribution in [0.4, 0.5) is 0 Å². The van der Waals surface area contributed by atoms with Gasteiger partial charge in [-0.1, -0.05) is 47.5 Å². The summed E-state index contributed by atoms with van der Waals surface area (Å²) in [7, 11) is 0. The van der Waals surface area contributed by atoms with E-state index in [4.69, 9.17) is 29.0 Å². The van der Waals surface area contributed by atoms with Crippen molar-refractivity contribution in [3.8, 4) is 0 Å². The van der Waals surface area contributed by atoms with Gasteiger partial charge in [-0.05, 0) is 46.5 Å². The standard InChI is InChI=1S/C16H14Cl2N2S/c17-13-5-2-6-14(18)12(13)9-15(20-19)11-4-1-3-10-7-8-21-16(10)11/h1-8,15,20H,9,19H2. The van der Waals surface area contributed by atoms with E-state index in [0.717, 1.165) is 5.56 Å². The number of hydrogen-bond donors (Lipinski definition) is 2. The number of nitrogens with two attached hydrogens (primary N) is 1. The molecule has 0 aliphatic heterocycles. The Balaban J connectivity index is 2.01. The van der Waals surface area contributed by atoms with E-state index in [0.29, 0.717) is 16.5 Å². The van der Waals surface area contributed by atoms with Crippen LogP contribution >= 0.6 is 34.5 Å². The summed E-state index contributed by atoms with van der Waals surface area (Å²) in [5, 5.41) is 4.65. The molecule has 0 fully saturated rings. The van der Waals surface area contributed by atoms with Crippen molar-refractivity contribution in [1.82, 2.24) is 5.43 Å². The molecule has 2 aromatic carbocycles. The van der Waals surface area contributed by atoms with Crippen LogP contribution in [-0.4, -0.2) is 0 Å². The highest BCUT2D eigenvalue weighted by molar-refractivity contribution is 7.17. The molecule has 0 saturated heterocycles. The lowest BCUT2D eigenvalue weighted by atomic mass is 9.98. The Morgan fingerprint density at radius 1 is 1.05 bits per heavy atom. The molecule has 3 rings (SSSR count). The summed E-state index contributed by atoms with van der Waals surface area (Å²) >= 11 is 14.2. The van der Waals surface area contributed by atoms with E-state index >= 15 is 0 Å². The number of hydrazine groups is 1. The molecular formula is C16H14Cl2N2S. The predicted molar refractivity (Wildman–Crippen MR) is 92.1 cm³/mol. The third kappa shape index (κ3) is 2.93. The second-order valence-corrected chi connectivity index (χ2v) is 6.54. The first-order chi connectivity index (χ1) is 10.2. The van der Waals surface area contributed by atoms with Crippen LogP contribution in [0.2, 0.25) is 10.0 Å². The van der Waals surface area contributed by atoms with Crippen LogP contribution in [0, 0.1) is 0 Å². The van der Waals surface area contributed by atoms with Crippen LogP contribution in [0.15, 0.2) is 47.8 Å². The number of rotatable bonds is 4. The Hall–Kier alpha value is -1.10. The fourth-order valence-electron chi connectivity index (χ4n) is 2.48. The summed E-state index contributed by atoms with van der Waals surface area (Å²) < 4.78 is 1.24. The van der Waals surface area contributed by atoms with Gasteiger partial charge in [0.25, 0.3) is 0 Å². The minimum absolute atomic E-state index is 0.0373. The zero-order valence-electron chi connectivity index (χ0n) is 11.1. The quantitative estimate of drug-likeness (QED) is 0.522. The van der Waals surface area contributed by atoms with Gasteiger partial charge in [-0.25, -0.2) is 0 Å². The van der Waals surface area contributed by atoms with Crippen molar-refractivity contribution >= 4 is 44.6 Å². The lowest BCUT2D eigenvalue weighted by Crippen LogP contribution is -2.29. The third-order valence-corrected chi connectivity index (χ3v) is 5.24. The van der Waals surface area contributed by atoms with E-state index in [1.807, 2.05) is 24.3 Å². The molecule has 0 saturated carbocycles. The molecule has 0 amide bonds. The molecule has 1 unspecified atom stereocenters. The second kappa shape index (κ2) is 6.34. The van der Waals surface area contributed by atoms with E-state index in [1.165, 1.54) is 15.6 Å². The van der Waals surface area contributed by atoms with Crippen molar-refractivity contribution in [1.29, 1.82) is 0 Å². The molecule has 1 aromatic heterocycles. The molecule has 21 heavy (non-hydrogen) atoms. The average molecular weight is 337 g/mol. The van der Waals surface area contributed by atoms with Crippen molar-refractivity contribution in [2.75, 3.05) is 0 Å². The average Bonchev–Trinajstić information content (AvgIpc) is 2.96. The first-order valence-electron chi connectivity index (χ1n) is 6.56. The Labute approximate surface area is 137 Å². The monoisotopic (exact) mass is 336 g/mol. The summed E-state index contributed by atoms with van der Waals surface area (Å²) in [5.74, 6) is 5.78. The van der Waals surface area contributed by atoms with Gasteiger partial charge in [-0.3, -0.25) is 11.3 Å². The number of halogens is 2. The van der Waals surface area contributed by atoms with Gasteiger partial charge in [0.15, 0.2) is 0 Å². The van der Waals surface area contributed by atoms with E-state index in [9.17, 15) is 0 Å². The molecule has 0 aliphatic carbocycles. The van der Waals surface area contributed by atoms with E-state index in [2.05, 4.69) is 29.0 Å². The summed E-state index contributed by atoms with van der Waals surface area (Å²) in [4.78, 5) is 0. The van der Waals surface area contributed by atoms with Gasteiger partial charge < -0.3 is 0 Å². The summed E-state index contributed by atoms with van der Waals surface area (Å²) in [6, 6.07) is 13.9. The topological polar surface area (TPSA) is 38.0 Å². The van der Waals surface area contributed by atoms with E-state index in [-0.39, 0.29) is 6.04 Å². The summed E-state index contributed by atoms with van der Waals surface area (Å²) in [6.45, 7) is 0. The normalized spacial score (nSPS) is 12.7.